The summed E-state index contributed by atoms with van der Waals surface area (Å²) in [4.78, 5) is 21.5. The summed E-state index contributed by atoms with van der Waals surface area (Å²) in [6.45, 7) is 2.83. The van der Waals surface area contributed by atoms with Crippen LogP contribution in [0.15, 0.2) is 36.5 Å². The number of anilines is 3. The second-order valence-corrected chi connectivity index (χ2v) is 6.50. The lowest BCUT2D eigenvalue weighted by Crippen LogP contribution is -2.35. The largest absolute Gasteiger partial charge is 0.398 e. The summed E-state index contributed by atoms with van der Waals surface area (Å²) in [5, 5.41) is 0. The van der Waals surface area contributed by atoms with Crippen LogP contribution in [0.5, 0.6) is 0 Å². The van der Waals surface area contributed by atoms with Gasteiger partial charge in [0.05, 0.1) is 5.56 Å². The molecule has 0 saturated carbocycles. The van der Waals surface area contributed by atoms with Crippen molar-refractivity contribution < 1.29 is 4.79 Å². The van der Waals surface area contributed by atoms with E-state index in [1.54, 1.807) is 6.20 Å². The number of fused-ring (bicyclic) bond motifs is 1. The molecule has 1 aromatic carbocycles. The Balaban J connectivity index is 0.00000121. The van der Waals surface area contributed by atoms with E-state index in [9.17, 15) is 4.79 Å². The molecular weight excluding hydrogens is 371 g/mol. The molecule has 3 heterocycles. The van der Waals surface area contributed by atoms with Crippen LogP contribution in [-0.2, 0) is 6.42 Å². The van der Waals surface area contributed by atoms with Crippen molar-refractivity contribution in [2.45, 2.75) is 25.7 Å². The van der Waals surface area contributed by atoms with Crippen LogP contribution < -0.4 is 15.5 Å². The van der Waals surface area contributed by atoms with Crippen LogP contribution in [0.1, 0.15) is 35.2 Å². The van der Waals surface area contributed by atoms with Crippen molar-refractivity contribution in [2.24, 2.45) is 0 Å². The Bertz CT molecular complexity index is 761. The number of amides is 1. The van der Waals surface area contributed by atoms with Gasteiger partial charge in [0, 0.05) is 37.2 Å². The molecule has 2 aromatic rings. The van der Waals surface area contributed by atoms with E-state index in [0.29, 0.717) is 5.56 Å². The third-order valence-electron chi connectivity index (χ3n) is 4.96. The highest BCUT2D eigenvalue weighted by Gasteiger charge is 2.25. The average molecular weight is 395 g/mol. The second-order valence-electron chi connectivity index (χ2n) is 6.50. The third kappa shape index (κ3) is 3.74. The number of hydrogen-bond donors (Lipinski definition) is 1. The predicted octanol–water partition coefficient (Wildman–Crippen LogP) is 3.70. The van der Waals surface area contributed by atoms with Gasteiger partial charge in [0.15, 0.2) is 0 Å². The Morgan fingerprint density at radius 3 is 2.46 bits per heavy atom. The van der Waals surface area contributed by atoms with Crippen LogP contribution in [0, 0.1) is 0 Å². The van der Waals surface area contributed by atoms with Gasteiger partial charge in [-0.3, -0.25) is 4.79 Å². The van der Waals surface area contributed by atoms with Crippen LogP contribution >= 0.6 is 24.8 Å². The van der Waals surface area contributed by atoms with Gasteiger partial charge >= 0.3 is 0 Å². The Labute approximate surface area is 166 Å². The van der Waals surface area contributed by atoms with E-state index in [-0.39, 0.29) is 30.7 Å². The maximum atomic E-state index is 12.9. The smallest absolute Gasteiger partial charge is 0.259 e. The van der Waals surface area contributed by atoms with Crippen molar-refractivity contribution in [2.75, 3.05) is 35.2 Å². The zero-order chi connectivity index (χ0) is 16.5. The van der Waals surface area contributed by atoms with E-state index in [4.69, 9.17) is 5.73 Å². The number of benzene rings is 1. The summed E-state index contributed by atoms with van der Waals surface area (Å²) in [6, 6.07) is 9.65. The van der Waals surface area contributed by atoms with Crippen molar-refractivity contribution in [3.05, 3.63) is 47.7 Å². The standard InChI is InChI=1S/C19H22N4O.2ClH/c20-16-6-3-7-17-15(16)5-4-12-23(17)19(24)14-8-9-18(21-13-14)22-10-1-2-11-22;;/h3,6-9,13H,1-2,4-5,10-12,20H2;2*1H. The Morgan fingerprint density at radius 1 is 1.00 bits per heavy atom. The number of carbonyl (C=O) groups excluding carboxylic acids is 1. The van der Waals surface area contributed by atoms with Crippen LogP contribution in [0.3, 0.4) is 0 Å². The number of nitrogen functional groups attached to an aromatic ring is 1. The van der Waals surface area contributed by atoms with Crippen molar-refractivity contribution >= 4 is 47.9 Å². The number of carbonyl (C=O) groups is 1. The molecule has 0 unspecified atom stereocenters. The Morgan fingerprint density at radius 2 is 1.77 bits per heavy atom. The molecule has 0 spiro atoms. The molecule has 7 heteroatoms. The third-order valence-corrected chi connectivity index (χ3v) is 4.96. The van der Waals surface area contributed by atoms with Crippen LogP contribution in [0.25, 0.3) is 0 Å². The fourth-order valence-electron chi connectivity index (χ4n) is 3.66. The fraction of sp³-hybridized carbons (Fsp3) is 0.368. The zero-order valence-electron chi connectivity index (χ0n) is 14.6. The number of nitrogens with zero attached hydrogens (tertiary/aromatic N) is 3. The van der Waals surface area contributed by atoms with Crippen molar-refractivity contribution in [1.82, 2.24) is 4.98 Å². The lowest BCUT2D eigenvalue weighted by molar-refractivity contribution is 0.0985. The number of pyridine rings is 1. The van der Waals surface area contributed by atoms with Gasteiger partial charge in [-0.25, -0.2) is 4.98 Å². The molecule has 1 fully saturated rings. The van der Waals surface area contributed by atoms with E-state index in [1.807, 2.05) is 35.2 Å². The molecule has 2 N–H and O–H groups in total. The van der Waals surface area contributed by atoms with Gasteiger partial charge < -0.3 is 15.5 Å². The van der Waals surface area contributed by atoms with E-state index in [0.717, 1.165) is 55.2 Å². The monoisotopic (exact) mass is 394 g/mol. The molecule has 5 nitrogen and oxygen atoms in total. The second kappa shape index (κ2) is 8.60. The first-order chi connectivity index (χ1) is 11.7. The molecule has 2 aliphatic rings. The SMILES string of the molecule is Cl.Cl.Nc1cccc2c1CCCN2C(=O)c1ccc(N2CCCC2)nc1. The number of nitrogens with two attached hydrogens (primary N) is 1. The minimum absolute atomic E-state index is 0. The highest BCUT2D eigenvalue weighted by molar-refractivity contribution is 6.07. The minimum Gasteiger partial charge on any atom is -0.398 e. The van der Waals surface area contributed by atoms with Crippen molar-refractivity contribution in [1.29, 1.82) is 0 Å². The summed E-state index contributed by atoms with van der Waals surface area (Å²) < 4.78 is 0. The average Bonchev–Trinajstić information content (AvgIpc) is 3.16. The molecule has 0 bridgehead atoms. The first-order valence-corrected chi connectivity index (χ1v) is 8.64. The molecular formula is C19H24Cl2N4O. The first kappa shape index (κ1) is 20.3. The van der Waals surface area contributed by atoms with Crippen LogP contribution in [-0.4, -0.2) is 30.5 Å². The summed E-state index contributed by atoms with van der Waals surface area (Å²) in [5.74, 6) is 0.967. The van der Waals surface area contributed by atoms with E-state index < -0.39 is 0 Å². The van der Waals surface area contributed by atoms with Gasteiger partial charge in [-0.05, 0) is 55.5 Å². The zero-order valence-corrected chi connectivity index (χ0v) is 16.2. The molecule has 0 aliphatic carbocycles. The molecule has 1 saturated heterocycles. The quantitative estimate of drug-likeness (QED) is 0.788. The Hall–Kier alpha value is -1.98. The maximum Gasteiger partial charge on any atom is 0.259 e. The van der Waals surface area contributed by atoms with Gasteiger partial charge in [-0.2, -0.15) is 0 Å². The summed E-state index contributed by atoms with van der Waals surface area (Å²) >= 11 is 0. The maximum absolute atomic E-state index is 12.9. The molecule has 1 amide bonds. The molecule has 0 atom stereocenters. The topological polar surface area (TPSA) is 62.5 Å². The van der Waals surface area contributed by atoms with Gasteiger partial charge in [-0.15, -0.1) is 24.8 Å². The fourth-order valence-corrected chi connectivity index (χ4v) is 3.66. The lowest BCUT2D eigenvalue weighted by atomic mass is 9.99. The summed E-state index contributed by atoms with van der Waals surface area (Å²) in [5.41, 5.74) is 9.50. The number of rotatable bonds is 2. The summed E-state index contributed by atoms with van der Waals surface area (Å²) in [6.07, 6.45) is 6.00. The van der Waals surface area contributed by atoms with Crippen LogP contribution in [0.2, 0.25) is 0 Å². The molecule has 1 aromatic heterocycles. The first-order valence-electron chi connectivity index (χ1n) is 8.64. The molecule has 2 aliphatic heterocycles. The van der Waals surface area contributed by atoms with Gasteiger partial charge in [-0.1, -0.05) is 6.07 Å². The molecule has 4 rings (SSSR count). The highest BCUT2D eigenvalue weighted by atomic mass is 35.5. The molecule has 26 heavy (non-hydrogen) atoms. The van der Waals surface area contributed by atoms with Gasteiger partial charge in [0.2, 0.25) is 0 Å². The number of hydrogen-bond acceptors (Lipinski definition) is 4. The van der Waals surface area contributed by atoms with Crippen molar-refractivity contribution in [3.8, 4) is 0 Å². The van der Waals surface area contributed by atoms with E-state index in [2.05, 4.69) is 9.88 Å². The normalized spacial score (nSPS) is 15.7. The van der Waals surface area contributed by atoms with Gasteiger partial charge in [0.1, 0.15) is 5.82 Å². The van der Waals surface area contributed by atoms with Crippen molar-refractivity contribution in [3.63, 3.8) is 0 Å². The predicted molar refractivity (Wildman–Crippen MR) is 111 cm³/mol. The summed E-state index contributed by atoms with van der Waals surface area (Å²) in [7, 11) is 0. The molecule has 140 valence electrons. The van der Waals surface area contributed by atoms with Crippen LogP contribution in [0.4, 0.5) is 17.2 Å². The Kier molecular flexibility index (Phi) is 6.73. The number of halogens is 2. The number of aromatic nitrogens is 1. The van der Waals surface area contributed by atoms with Gasteiger partial charge in [0.25, 0.3) is 5.91 Å². The molecule has 0 radical (unpaired) electrons. The lowest BCUT2D eigenvalue weighted by Gasteiger charge is -2.30. The van der Waals surface area contributed by atoms with E-state index >= 15 is 0 Å². The highest BCUT2D eigenvalue weighted by Crippen LogP contribution is 2.32. The van der Waals surface area contributed by atoms with E-state index in [1.165, 1.54) is 12.8 Å². The minimum atomic E-state index is 0.